The fourth-order valence-electron chi connectivity index (χ4n) is 5.38. The molecule has 0 saturated heterocycles. The second kappa shape index (κ2) is 31.9. The quantitative estimate of drug-likeness (QED) is 0.0534. The lowest BCUT2D eigenvalue weighted by Crippen LogP contribution is -2.47. The summed E-state index contributed by atoms with van der Waals surface area (Å²) in [5, 5.41) is 5.15. The van der Waals surface area contributed by atoms with Crippen LogP contribution in [0.15, 0.2) is 0 Å². The standard InChI is InChI=1S/C35H68N2O3S/c1-3-5-7-9-11-13-15-17-19-21-23-25-27-29-33(38)36-31-32(35(40)41)37-34(39)30-28-26-24-22-20-18-16-14-12-10-8-6-4-2/h32H,3-31H2,1-2H3,(H,36,38)(H,37,39)(H,40,41)/t32-/m0/s1. The van der Waals surface area contributed by atoms with Crippen LogP contribution in [0.1, 0.15) is 194 Å². The smallest absolute Gasteiger partial charge is 0.220 e. The molecule has 0 unspecified atom stereocenters. The van der Waals surface area contributed by atoms with E-state index in [0.29, 0.717) is 12.8 Å². The van der Waals surface area contributed by atoms with Gasteiger partial charge in [-0.1, -0.05) is 168 Å². The number of nitrogens with one attached hydrogen (secondary N) is 2. The molecule has 0 saturated carbocycles. The lowest BCUT2D eigenvalue weighted by molar-refractivity contribution is -0.126. The van der Waals surface area contributed by atoms with Crippen LogP contribution in [0.5, 0.6) is 0 Å². The van der Waals surface area contributed by atoms with Crippen LogP contribution >= 0.6 is 12.6 Å². The maximum Gasteiger partial charge on any atom is 0.220 e. The van der Waals surface area contributed by atoms with Gasteiger partial charge in [0, 0.05) is 19.4 Å². The van der Waals surface area contributed by atoms with Crippen molar-refractivity contribution >= 4 is 29.6 Å². The summed E-state index contributed by atoms with van der Waals surface area (Å²) in [5.74, 6) is -0.190. The van der Waals surface area contributed by atoms with Crippen molar-refractivity contribution in [1.29, 1.82) is 0 Å². The van der Waals surface area contributed by atoms with Crippen molar-refractivity contribution in [3.63, 3.8) is 0 Å². The molecule has 242 valence electrons. The zero-order chi connectivity index (χ0) is 30.2. The lowest BCUT2D eigenvalue weighted by Gasteiger charge is -2.16. The number of hydrogen-bond acceptors (Lipinski definition) is 3. The van der Waals surface area contributed by atoms with Crippen molar-refractivity contribution in [2.45, 2.75) is 200 Å². The molecule has 6 heteroatoms. The van der Waals surface area contributed by atoms with Gasteiger partial charge < -0.3 is 10.6 Å². The second-order valence-electron chi connectivity index (χ2n) is 12.2. The van der Waals surface area contributed by atoms with Gasteiger partial charge in [-0.05, 0) is 12.8 Å². The second-order valence-corrected chi connectivity index (χ2v) is 12.7. The van der Waals surface area contributed by atoms with Gasteiger partial charge in [0.25, 0.3) is 0 Å². The van der Waals surface area contributed by atoms with Crippen LogP contribution < -0.4 is 10.6 Å². The van der Waals surface area contributed by atoms with Crippen LogP contribution in [0.2, 0.25) is 0 Å². The Kier molecular flexibility index (Phi) is 31.1. The number of carbonyl (C=O) groups excluding carboxylic acids is 3. The highest BCUT2D eigenvalue weighted by molar-refractivity contribution is 7.96. The highest BCUT2D eigenvalue weighted by Crippen LogP contribution is 2.14. The van der Waals surface area contributed by atoms with Gasteiger partial charge in [-0.15, -0.1) is 12.6 Å². The van der Waals surface area contributed by atoms with E-state index in [0.717, 1.165) is 32.1 Å². The molecule has 0 aromatic heterocycles. The third-order valence-corrected chi connectivity index (χ3v) is 8.46. The molecule has 5 nitrogen and oxygen atoms in total. The van der Waals surface area contributed by atoms with E-state index in [4.69, 9.17) is 0 Å². The van der Waals surface area contributed by atoms with Crippen LogP contribution in [0.25, 0.3) is 0 Å². The van der Waals surface area contributed by atoms with E-state index in [1.807, 2.05) is 0 Å². The number of amides is 2. The van der Waals surface area contributed by atoms with Crippen LogP contribution in [0.3, 0.4) is 0 Å². The van der Waals surface area contributed by atoms with Gasteiger partial charge in [0.1, 0.15) is 6.04 Å². The van der Waals surface area contributed by atoms with E-state index >= 15 is 0 Å². The molecule has 0 heterocycles. The number of rotatable bonds is 32. The molecule has 0 aliphatic rings. The summed E-state index contributed by atoms with van der Waals surface area (Å²) in [6.45, 7) is 4.64. The summed E-state index contributed by atoms with van der Waals surface area (Å²) in [5.41, 5.74) is 0. The molecule has 0 aromatic rings. The fourth-order valence-corrected chi connectivity index (χ4v) is 5.53. The van der Waals surface area contributed by atoms with Crippen LogP contribution in [-0.2, 0) is 14.4 Å². The Morgan fingerprint density at radius 1 is 0.463 bits per heavy atom. The average Bonchev–Trinajstić information content (AvgIpc) is 2.95. The number of unbranched alkanes of at least 4 members (excludes halogenated alkanes) is 24. The Morgan fingerprint density at radius 3 is 1.07 bits per heavy atom. The van der Waals surface area contributed by atoms with E-state index in [1.54, 1.807) is 0 Å². The third kappa shape index (κ3) is 30.2. The Bertz CT molecular complexity index is 614. The van der Waals surface area contributed by atoms with Crippen molar-refractivity contribution < 1.29 is 14.4 Å². The van der Waals surface area contributed by atoms with E-state index < -0.39 is 11.2 Å². The van der Waals surface area contributed by atoms with Crippen molar-refractivity contribution in [2.24, 2.45) is 0 Å². The predicted molar refractivity (Wildman–Crippen MR) is 180 cm³/mol. The summed E-state index contributed by atoms with van der Waals surface area (Å²) in [4.78, 5) is 36.4. The molecule has 0 fully saturated rings. The Hall–Kier alpha value is -1.04. The third-order valence-electron chi connectivity index (χ3n) is 8.15. The maximum absolute atomic E-state index is 12.3. The van der Waals surface area contributed by atoms with Crippen molar-refractivity contribution in [3.8, 4) is 0 Å². The van der Waals surface area contributed by atoms with E-state index in [1.165, 1.54) is 135 Å². The minimum atomic E-state index is -0.761. The Morgan fingerprint density at radius 2 is 0.756 bits per heavy atom. The van der Waals surface area contributed by atoms with Crippen LogP contribution in [-0.4, -0.2) is 29.5 Å². The molecule has 0 aromatic carbocycles. The zero-order valence-corrected chi connectivity index (χ0v) is 28.1. The predicted octanol–water partition coefficient (Wildman–Crippen LogP) is 10.0. The molecule has 2 N–H and O–H groups in total. The zero-order valence-electron chi connectivity index (χ0n) is 27.3. The molecule has 1 atom stereocenters. The molecule has 0 radical (unpaired) electrons. The average molecular weight is 597 g/mol. The van der Waals surface area contributed by atoms with Crippen molar-refractivity contribution in [1.82, 2.24) is 10.6 Å². The lowest BCUT2D eigenvalue weighted by atomic mass is 10.0. The van der Waals surface area contributed by atoms with Crippen LogP contribution in [0.4, 0.5) is 0 Å². The first-order chi connectivity index (χ1) is 20.0. The maximum atomic E-state index is 12.3. The normalized spacial score (nSPS) is 11.9. The van der Waals surface area contributed by atoms with Gasteiger partial charge in [0.2, 0.25) is 16.9 Å². The van der Waals surface area contributed by atoms with Gasteiger partial charge in [-0.2, -0.15) is 0 Å². The first kappa shape index (κ1) is 40.0. The SMILES string of the molecule is CCCCCCCCCCCCCCCC(=O)NC[C@H](NC(=O)CCCCCCCCCCCCCCC)C(=O)S. The van der Waals surface area contributed by atoms with Crippen LogP contribution in [0, 0.1) is 0 Å². The highest BCUT2D eigenvalue weighted by atomic mass is 32.1. The minimum absolute atomic E-state index is 0.0570. The van der Waals surface area contributed by atoms with Crippen molar-refractivity contribution in [3.05, 3.63) is 0 Å². The summed E-state index contributed by atoms with van der Waals surface area (Å²) in [6, 6.07) is -0.761. The van der Waals surface area contributed by atoms with Gasteiger partial charge in [-0.25, -0.2) is 0 Å². The van der Waals surface area contributed by atoms with Gasteiger partial charge in [0.05, 0.1) is 0 Å². The molecule has 2 amide bonds. The molecule has 0 bridgehead atoms. The molecule has 0 aliphatic heterocycles. The van der Waals surface area contributed by atoms with E-state index in [9.17, 15) is 14.4 Å². The first-order valence-electron chi connectivity index (χ1n) is 17.8. The summed E-state index contributed by atoms with van der Waals surface area (Å²) in [6.07, 6.45) is 33.9. The van der Waals surface area contributed by atoms with Gasteiger partial charge in [-0.3, -0.25) is 14.4 Å². The summed E-state index contributed by atoms with van der Waals surface area (Å²) >= 11 is 3.92. The minimum Gasteiger partial charge on any atom is -0.354 e. The summed E-state index contributed by atoms with van der Waals surface area (Å²) < 4.78 is 0. The molecule has 0 rings (SSSR count). The molecular weight excluding hydrogens is 528 g/mol. The monoisotopic (exact) mass is 596 g/mol. The topological polar surface area (TPSA) is 75.3 Å². The largest absolute Gasteiger partial charge is 0.354 e. The Labute approximate surface area is 260 Å². The molecular formula is C35H68N2O3S. The van der Waals surface area contributed by atoms with Crippen molar-refractivity contribution in [2.75, 3.05) is 6.54 Å². The first-order valence-corrected chi connectivity index (χ1v) is 18.2. The molecule has 41 heavy (non-hydrogen) atoms. The highest BCUT2D eigenvalue weighted by Gasteiger charge is 2.18. The van der Waals surface area contributed by atoms with Gasteiger partial charge >= 0.3 is 0 Å². The van der Waals surface area contributed by atoms with E-state index in [2.05, 4.69) is 37.1 Å². The fraction of sp³-hybridized carbons (Fsp3) is 0.914. The number of thiol groups is 1. The molecule has 0 aliphatic carbocycles. The number of hydrogen-bond donors (Lipinski definition) is 3. The summed E-state index contributed by atoms with van der Waals surface area (Å²) in [7, 11) is 0. The molecule has 0 spiro atoms. The number of carbonyl (C=O) groups is 3. The van der Waals surface area contributed by atoms with E-state index in [-0.39, 0.29) is 18.4 Å². The van der Waals surface area contributed by atoms with Gasteiger partial charge in [0.15, 0.2) is 0 Å². The Balaban J connectivity index is 3.66.